The van der Waals surface area contributed by atoms with Crippen LogP contribution in [0.25, 0.3) is 0 Å². The molecule has 0 spiro atoms. The number of aliphatic hydroxyl groups is 1. The normalized spacial score (nSPS) is 20.8. The molecule has 2 saturated heterocycles. The molecular weight excluding hydrogens is 644 g/mol. The highest BCUT2D eigenvalue weighted by Gasteiger charge is 2.39. The Bertz CT molecular complexity index is 1840. The van der Waals surface area contributed by atoms with Crippen molar-refractivity contribution in [2.45, 2.75) is 32.0 Å². The summed E-state index contributed by atoms with van der Waals surface area (Å²) >= 11 is 0. The molecule has 1 aromatic heterocycles. The van der Waals surface area contributed by atoms with E-state index in [0.29, 0.717) is 17.1 Å². The fourth-order valence-corrected chi connectivity index (χ4v) is 6.42. The maximum Gasteiger partial charge on any atom is 0.323 e. The highest BCUT2D eigenvalue weighted by Crippen LogP contribution is 2.42. The number of piperazine rings is 1. The van der Waals surface area contributed by atoms with Crippen LogP contribution in [0.4, 0.5) is 22.1 Å². The summed E-state index contributed by atoms with van der Waals surface area (Å²) in [5.41, 5.74) is 4.03. The Kier molecular flexibility index (Phi) is 10.8. The Labute approximate surface area is 297 Å². The number of para-hydroxylation sites is 1. The van der Waals surface area contributed by atoms with Gasteiger partial charge in [0.15, 0.2) is 6.29 Å². The Hall–Kier alpha value is -5.33. The fourth-order valence-electron chi connectivity index (χ4n) is 6.42. The monoisotopic (exact) mass is 686 g/mol. The maximum atomic E-state index is 12.8. The van der Waals surface area contributed by atoms with Gasteiger partial charge in [0.2, 0.25) is 5.95 Å². The van der Waals surface area contributed by atoms with Crippen molar-refractivity contribution >= 4 is 23.4 Å². The van der Waals surface area contributed by atoms with Gasteiger partial charge in [-0.2, -0.15) is 0 Å². The molecular formula is C40H42N6O5. The van der Waals surface area contributed by atoms with Crippen molar-refractivity contribution in [1.29, 1.82) is 0 Å². The predicted octanol–water partition coefficient (Wildman–Crippen LogP) is 7.02. The number of hydrogen-bond donors (Lipinski definition) is 3. The van der Waals surface area contributed by atoms with Gasteiger partial charge in [-0.3, -0.25) is 4.90 Å². The van der Waals surface area contributed by atoms with Crippen LogP contribution >= 0.6 is 0 Å². The van der Waals surface area contributed by atoms with Gasteiger partial charge in [-0.25, -0.2) is 14.8 Å². The van der Waals surface area contributed by atoms with E-state index in [2.05, 4.69) is 37.3 Å². The molecule has 0 radical (unpaired) electrons. The molecule has 2 aliphatic rings. The van der Waals surface area contributed by atoms with Crippen molar-refractivity contribution in [2.24, 2.45) is 5.92 Å². The molecule has 51 heavy (non-hydrogen) atoms. The highest BCUT2D eigenvalue weighted by atomic mass is 16.7. The Balaban J connectivity index is 0.991. The lowest BCUT2D eigenvalue weighted by molar-refractivity contribution is -0.276. The van der Waals surface area contributed by atoms with Crippen molar-refractivity contribution in [2.75, 3.05) is 48.3 Å². The molecule has 3 heterocycles. The molecule has 0 aliphatic carbocycles. The first-order valence-corrected chi connectivity index (χ1v) is 17.3. The SMILES string of the molecule is C[C@@H]1[C@H](CN2CCN(c3ncccn3)CC2)O[C@H](c2ccc(NC(=O)Nc3ccc(Oc4ccccc4)cc3)cc2)O[C@@H]1c1ccc(CO)cc1. The number of urea groups is 1. The number of nitrogens with zero attached hydrogens (tertiary/aromatic N) is 4. The van der Waals surface area contributed by atoms with Gasteiger partial charge in [0.05, 0.1) is 18.8 Å². The quantitative estimate of drug-likeness (QED) is 0.142. The van der Waals surface area contributed by atoms with E-state index in [4.69, 9.17) is 14.2 Å². The first-order chi connectivity index (χ1) is 25.0. The summed E-state index contributed by atoms with van der Waals surface area (Å²) < 4.78 is 19.2. The number of nitrogens with one attached hydrogen (secondary N) is 2. The molecule has 0 bridgehead atoms. The van der Waals surface area contributed by atoms with Crippen molar-refractivity contribution < 1.29 is 24.1 Å². The van der Waals surface area contributed by atoms with E-state index in [-0.39, 0.29) is 30.8 Å². The van der Waals surface area contributed by atoms with Gasteiger partial charge in [-0.1, -0.05) is 61.5 Å². The van der Waals surface area contributed by atoms with E-state index in [0.717, 1.165) is 61.1 Å². The number of carbonyl (C=O) groups excluding carboxylic acids is 1. The Morgan fingerprint density at radius 1 is 0.765 bits per heavy atom. The first kappa shape index (κ1) is 34.1. The number of anilines is 3. The average Bonchev–Trinajstić information content (AvgIpc) is 3.18. The zero-order valence-electron chi connectivity index (χ0n) is 28.5. The van der Waals surface area contributed by atoms with Gasteiger partial charge in [0.25, 0.3) is 0 Å². The number of aliphatic hydroxyl groups excluding tert-OH is 1. The average molecular weight is 687 g/mol. The summed E-state index contributed by atoms with van der Waals surface area (Å²) in [6, 6.07) is 33.7. The van der Waals surface area contributed by atoms with E-state index in [1.807, 2.05) is 97.1 Å². The summed E-state index contributed by atoms with van der Waals surface area (Å²) in [7, 11) is 0. The minimum atomic E-state index is -0.604. The van der Waals surface area contributed by atoms with E-state index >= 15 is 0 Å². The molecule has 2 fully saturated rings. The second-order valence-electron chi connectivity index (χ2n) is 12.8. The van der Waals surface area contributed by atoms with Crippen LogP contribution in [-0.4, -0.2) is 64.8 Å². The van der Waals surface area contributed by atoms with E-state index in [1.165, 1.54) is 0 Å². The summed E-state index contributed by atoms with van der Waals surface area (Å²) in [6.45, 7) is 6.36. The highest BCUT2D eigenvalue weighted by molar-refractivity contribution is 5.99. The molecule has 4 aromatic carbocycles. The third-order valence-electron chi connectivity index (χ3n) is 9.30. The number of benzene rings is 4. The van der Waals surface area contributed by atoms with Crippen molar-refractivity contribution in [3.8, 4) is 11.5 Å². The fraction of sp³-hybridized carbons (Fsp3) is 0.275. The van der Waals surface area contributed by atoms with Crippen LogP contribution in [0.1, 0.15) is 36.0 Å². The summed E-state index contributed by atoms with van der Waals surface area (Å²) in [4.78, 5) is 26.3. The standard InChI is InChI=1S/C40H42N6O5/c1-28-36(26-45-22-24-46(25-23-45)39-41-20-5-21-42-39)50-38(51-37(28)30-10-8-29(27-47)9-11-30)31-12-14-32(15-13-31)43-40(48)44-33-16-18-35(19-17-33)49-34-6-3-2-4-7-34/h2-21,28,36-38,47H,22-27H2,1H3,(H2,43,44,48)/t28-,36+,37+,38+/m1/s1. The van der Waals surface area contributed by atoms with Crippen molar-refractivity contribution in [3.63, 3.8) is 0 Å². The van der Waals surface area contributed by atoms with E-state index in [9.17, 15) is 9.90 Å². The van der Waals surface area contributed by atoms with Crippen LogP contribution in [0.2, 0.25) is 0 Å². The van der Waals surface area contributed by atoms with Crippen molar-refractivity contribution in [1.82, 2.24) is 14.9 Å². The van der Waals surface area contributed by atoms with Gasteiger partial charge in [0, 0.05) is 68.0 Å². The number of carbonyl (C=O) groups is 1. The molecule has 4 atom stereocenters. The van der Waals surface area contributed by atoms with Crippen LogP contribution in [0.3, 0.4) is 0 Å². The van der Waals surface area contributed by atoms with Gasteiger partial charge >= 0.3 is 6.03 Å². The smallest absolute Gasteiger partial charge is 0.323 e. The molecule has 2 aliphatic heterocycles. The second-order valence-corrected chi connectivity index (χ2v) is 12.8. The minimum absolute atomic E-state index is 0.00980. The minimum Gasteiger partial charge on any atom is -0.457 e. The lowest BCUT2D eigenvalue weighted by atomic mass is 9.90. The zero-order valence-corrected chi connectivity index (χ0v) is 28.5. The first-order valence-electron chi connectivity index (χ1n) is 17.3. The molecule has 7 rings (SSSR count). The Morgan fingerprint density at radius 2 is 1.37 bits per heavy atom. The van der Waals surface area contributed by atoms with Gasteiger partial charge in [-0.05, 0) is 65.7 Å². The van der Waals surface area contributed by atoms with Crippen molar-refractivity contribution in [3.05, 3.63) is 138 Å². The number of aromatic nitrogens is 2. The summed E-state index contributed by atoms with van der Waals surface area (Å²) in [5.74, 6) is 2.25. The summed E-state index contributed by atoms with van der Waals surface area (Å²) in [5, 5.41) is 15.4. The molecule has 11 heteroatoms. The third kappa shape index (κ3) is 8.70. The van der Waals surface area contributed by atoms with Gasteiger partial charge in [-0.15, -0.1) is 0 Å². The van der Waals surface area contributed by atoms with E-state index in [1.54, 1.807) is 24.5 Å². The molecule has 11 nitrogen and oxygen atoms in total. The van der Waals surface area contributed by atoms with Crippen LogP contribution in [0.5, 0.6) is 11.5 Å². The third-order valence-corrected chi connectivity index (χ3v) is 9.30. The second kappa shape index (κ2) is 16.1. The zero-order chi connectivity index (χ0) is 35.0. The van der Waals surface area contributed by atoms with Gasteiger partial charge in [0.1, 0.15) is 11.5 Å². The maximum absolute atomic E-state index is 12.8. The predicted molar refractivity (Wildman–Crippen MR) is 196 cm³/mol. The molecule has 262 valence electrons. The molecule has 2 amide bonds. The van der Waals surface area contributed by atoms with E-state index < -0.39 is 6.29 Å². The van der Waals surface area contributed by atoms with Crippen LogP contribution in [-0.2, 0) is 16.1 Å². The number of hydrogen-bond acceptors (Lipinski definition) is 9. The lowest BCUT2D eigenvalue weighted by Gasteiger charge is -2.44. The van der Waals surface area contributed by atoms with Crippen LogP contribution < -0.4 is 20.3 Å². The number of rotatable bonds is 10. The Morgan fingerprint density at radius 3 is 2.02 bits per heavy atom. The van der Waals surface area contributed by atoms with Gasteiger partial charge < -0.3 is 34.9 Å². The van der Waals surface area contributed by atoms with Crippen LogP contribution in [0, 0.1) is 5.92 Å². The topological polar surface area (TPSA) is 121 Å². The lowest BCUT2D eigenvalue weighted by Crippen LogP contribution is -2.51. The largest absolute Gasteiger partial charge is 0.457 e. The summed E-state index contributed by atoms with van der Waals surface area (Å²) in [6.07, 6.45) is 2.64. The van der Waals surface area contributed by atoms with Crippen LogP contribution in [0.15, 0.2) is 122 Å². The molecule has 0 saturated carbocycles. The molecule has 5 aromatic rings. The molecule has 0 unspecified atom stereocenters. The number of amides is 2. The molecule has 3 N–H and O–H groups in total. The number of ether oxygens (including phenoxy) is 3.